The third kappa shape index (κ3) is 3.67. The lowest BCUT2D eigenvalue weighted by molar-refractivity contribution is -0.534. The molecule has 0 aromatic carbocycles. The summed E-state index contributed by atoms with van der Waals surface area (Å²) in [6, 6.07) is -0.781. The molecule has 0 fully saturated rings. The zero-order valence-electron chi connectivity index (χ0n) is 7.69. The molecule has 0 spiro atoms. The highest BCUT2D eigenvalue weighted by Gasteiger charge is 2.26. The average molecular weight is 175 g/mol. The fourth-order valence-electron chi connectivity index (χ4n) is 1.17. The Morgan fingerprint density at radius 1 is 1.50 bits per heavy atom. The molecule has 0 aliphatic rings. The van der Waals surface area contributed by atoms with Crippen LogP contribution in [0.15, 0.2) is 0 Å². The van der Waals surface area contributed by atoms with Crippen LogP contribution >= 0.6 is 0 Å². The lowest BCUT2D eigenvalue weighted by Gasteiger charge is -2.13. The van der Waals surface area contributed by atoms with Crippen molar-refractivity contribution in [3.8, 4) is 0 Å². The second-order valence-electron chi connectivity index (χ2n) is 2.97. The number of rotatable bonds is 6. The van der Waals surface area contributed by atoms with E-state index in [0.29, 0.717) is 12.8 Å². The maximum atomic E-state index is 10.4. The van der Waals surface area contributed by atoms with Gasteiger partial charge >= 0.3 is 0 Å². The summed E-state index contributed by atoms with van der Waals surface area (Å²) < 4.78 is 0. The van der Waals surface area contributed by atoms with Crippen LogP contribution in [0.5, 0.6) is 0 Å². The smallest absolute Gasteiger partial charge is 0.238 e. The van der Waals surface area contributed by atoms with Gasteiger partial charge in [0.05, 0.1) is 0 Å². The Kier molecular flexibility index (Phi) is 5.62. The van der Waals surface area contributed by atoms with Crippen LogP contribution in [0.1, 0.15) is 39.5 Å². The highest BCUT2D eigenvalue weighted by molar-refractivity contribution is 4.65. The zero-order chi connectivity index (χ0) is 9.56. The topological polar surface area (TPSA) is 63.4 Å². The first kappa shape index (κ1) is 11.4. The van der Waals surface area contributed by atoms with Gasteiger partial charge < -0.3 is 5.11 Å². The number of hydrogen-bond acceptors (Lipinski definition) is 3. The van der Waals surface area contributed by atoms with Gasteiger partial charge in [0.1, 0.15) is 6.10 Å². The third-order valence-electron chi connectivity index (χ3n) is 1.99. The van der Waals surface area contributed by atoms with Crippen molar-refractivity contribution in [3.05, 3.63) is 10.1 Å². The number of unbranched alkanes of at least 4 members (excludes halogenated alkanes) is 1. The van der Waals surface area contributed by atoms with E-state index in [9.17, 15) is 15.2 Å². The average Bonchev–Trinajstić information content (AvgIpc) is 2.01. The summed E-state index contributed by atoms with van der Waals surface area (Å²) in [4.78, 5) is 9.99. The van der Waals surface area contributed by atoms with Crippen molar-refractivity contribution in [2.45, 2.75) is 51.7 Å². The molecule has 0 saturated heterocycles. The molecule has 0 saturated carbocycles. The van der Waals surface area contributed by atoms with Gasteiger partial charge in [0.15, 0.2) is 0 Å². The number of hydrogen-bond donors (Lipinski definition) is 1. The van der Waals surface area contributed by atoms with Gasteiger partial charge in [0, 0.05) is 11.3 Å². The van der Waals surface area contributed by atoms with Crippen LogP contribution in [-0.2, 0) is 0 Å². The van der Waals surface area contributed by atoms with E-state index in [1.165, 1.54) is 0 Å². The SMILES string of the molecule is CCCC[C@H](O)C(CC)[N+](=O)[O-]. The molecule has 2 atom stereocenters. The maximum Gasteiger partial charge on any atom is 0.238 e. The van der Waals surface area contributed by atoms with Crippen molar-refractivity contribution < 1.29 is 10.0 Å². The summed E-state index contributed by atoms with van der Waals surface area (Å²) in [7, 11) is 0. The van der Waals surface area contributed by atoms with Gasteiger partial charge in [-0.15, -0.1) is 0 Å². The first-order valence-electron chi connectivity index (χ1n) is 4.45. The molecule has 0 aliphatic heterocycles. The number of nitro groups is 1. The molecule has 0 radical (unpaired) electrons. The van der Waals surface area contributed by atoms with Crippen LogP contribution < -0.4 is 0 Å². The first-order chi connectivity index (χ1) is 5.63. The second kappa shape index (κ2) is 5.94. The predicted molar refractivity (Wildman–Crippen MR) is 46.6 cm³/mol. The monoisotopic (exact) mass is 175 g/mol. The Hall–Kier alpha value is -0.640. The minimum atomic E-state index is -0.781. The van der Waals surface area contributed by atoms with E-state index in [-0.39, 0.29) is 4.92 Å². The Labute approximate surface area is 72.7 Å². The van der Waals surface area contributed by atoms with Crippen molar-refractivity contribution in [3.63, 3.8) is 0 Å². The Bertz CT molecular complexity index is 138. The molecular weight excluding hydrogens is 158 g/mol. The molecule has 0 aromatic rings. The summed E-state index contributed by atoms with van der Waals surface area (Å²) in [6.07, 6.45) is 1.98. The van der Waals surface area contributed by atoms with E-state index in [4.69, 9.17) is 0 Å². The molecule has 1 unspecified atom stereocenters. The Morgan fingerprint density at radius 3 is 2.42 bits per heavy atom. The highest BCUT2D eigenvalue weighted by Crippen LogP contribution is 2.09. The lowest BCUT2D eigenvalue weighted by Crippen LogP contribution is -2.32. The number of nitrogens with zero attached hydrogens (tertiary/aromatic N) is 1. The second-order valence-corrected chi connectivity index (χ2v) is 2.97. The van der Waals surface area contributed by atoms with Crippen molar-refractivity contribution in [1.82, 2.24) is 0 Å². The highest BCUT2D eigenvalue weighted by atomic mass is 16.6. The van der Waals surface area contributed by atoms with Gasteiger partial charge in [0.25, 0.3) is 0 Å². The third-order valence-corrected chi connectivity index (χ3v) is 1.99. The molecule has 72 valence electrons. The van der Waals surface area contributed by atoms with E-state index in [1.807, 2.05) is 6.92 Å². The summed E-state index contributed by atoms with van der Waals surface area (Å²) in [5.74, 6) is 0. The van der Waals surface area contributed by atoms with Crippen LogP contribution in [0.3, 0.4) is 0 Å². The summed E-state index contributed by atoms with van der Waals surface area (Å²) >= 11 is 0. The summed E-state index contributed by atoms with van der Waals surface area (Å²) in [5.41, 5.74) is 0. The zero-order valence-corrected chi connectivity index (χ0v) is 7.69. The van der Waals surface area contributed by atoms with Crippen LogP contribution in [0.25, 0.3) is 0 Å². The molecule has 1 N–H and O–H groups in total. The van der Waals surface area contributed by atoms with E-state index >= 15 is 0 Å². The van der Waals surface area contributed by atoms with Crippen LogP contribution in [0.2, 0.25) is 0 Å². The number of aliphatic hydroxyl groups is 1. The fraction of sp³-hybridized carbons (Fsp3) is 1.00. The van der Waals surface area contributed by atoms with E-state index < -0.39 is 12.1 Å². The quantitative estimate of drug-likeness (QED) is 0.492. The normalized spacial score (nSPS) is 15.6. The minimum Gasteiger partial charge on any atom is -0.386 e. The lowest BCUT2D eigenvalue weighted by atomic mass is 10.0. The number of aliphatic hydroxyl groups excluding tert-OH is 1. The molecule has 0 amide bonds. The van der Waals surface area contributed by atoms with Gasteiger partial charge in [-0.3, -0.25) is 10.1 Å². The predicted octanol–water partition coefficient (Wildman–Crippen LogP) is 1.59. The first-order valence-corrected chi connectivity index (χ1v) is 4.45. The molecular formula is C8H17NO3. The van der Waals surface area contributed by atoms with Gasteiger partial charge in [-0.2, -0.15) is 0 Å². The fourth-order valence-corrected chi connectivity index (χ4v) is 1.17. The maximum absolute atomic E-state index is 10.4. The molecule has 0 bridgehead atoms. The molecule has 12 heavy (non-hydrogen) atoms. The van der Waals surface area contributed by atoms with E-state index in [2.05, 4.69) is 0 Å². The Balaban J connectivity index is 3.85. The molecule has 0 aromatic heterocycles. The van der Waals surface area contributed by atoms with Crippen molar-refractivity contribution in [2.75, 3.05) is 0 Å². The molecule has 0 heterocycles. The van der Waals surface area contributed by atoms with Crippen molar-refractivity contribution >= 4 is 0 Å². The van der Waals surface area contributed by atoms with Gasteiger partial charge in [-0.25, -0.2) is 0 Å². The van der Waals surface area contributed by atoms with Crippen LogP contribution in [0, 0.1) is 10.1 Å². The Morgan fingerprint density at radius 2 is 2.08 bits per heavy atom. The standard InChI is InChI=1S/C8H17NO3/c1-3-5-6-8(10)7(4-2)9(11)12/h7-8,10H,3-6H2,1-2H3/t7?,8-/m0/s1. The molecule has 4 heteroatoms. The van der Waals surface area contributed by atoms with Crippen LogP contribution in [0.4, 0.5) is 0 Å². The van der Waals surface area contributed by atoms with Gasteiger partial charge in [0.2, 0.25) is 6.04 Å². The largest absolute Gasteiger partial charge is 0.386 e. The van der Waals surface area contributed by atoms with Crippen molar-refractivity contribution in [1.29, 1.82) is 0 Å². The van der Waals surface area contributed by atoms with E-state index in [0.717, 1.165) is 12.8 Å². The van der Waals surface area contributed by atoms with Crippen LogP contribution in [-0.4, -0.2) is 22.2 Å². The van der Waals surface area contributed by atoms with Gasteiger partial charge in [-0.1, -0.05) is 26.7 Å². The summed E-state index contributed by atoms with van der Waals surface area (Å²) in [5, 5.41) is 19.7. The summed E-state index contributed by atoms with van der Waals surface area (Å²) in [6.45, 7) is 3.72. The van der Waals surface area contributed by atoms with E-state index in [1.54, 1.807) is 6.92 Å². The molecule has 0 aliphatic carbocycles. The molecule has 0 rings (SSSR count). The minimum absolute atomic E-state index is 0.389. The van der Waals surface area contributed by atoms with Gasteiger partial charge in [-0.05, 0) is 6.42 Å². The molecule has 4 nitrogen and oxygen atoms in total. The van der Waals surface area contributed by atoms with Crippen molar-refractivity contribution in [2.24, 2.45) is 0 Å².